The number of nitrogens with zero attached hydrogens (tertiary/aromatic N) is 5. The van der Waals surface area contributed by atoms with Crippen molar-refractivity contribution in [2.75, 3.05) is 6.54 Å². The molecule has 4 rings (SSSR count). The SMILES string of the molecule is Cc1nn(CCC(=O)NCCn2ncc(-c3ccccn3)c2-c2cccs2)c(C)c1C. The maximum absolute atomic E-state index is 12.4. The molecule has 0 aliphatic heterocycles. The summed E-state index contributed by atoms with van der Waals surface area (Å²) in [6.07, 6.45) is 4.04. The first-order chi connectivity index (χ1) is 15.0. The molecule has 8 heteroatoms. The normalized spacial score (nSPS) is 11.1. The van der Waals surface area contributed by atoms with Gasteiger partial charge in [-0.25, -0.2) is 0 Å². The fourth-order valence-electron chi connectivity index (χ4n) is 3.54. The summed E-state index contributed by atoms with van der Waals surface area (Å²) in [7, 11) is 0. The zero-order valence-corrected chi connectivity index (χ0v) is 18.8. The average Bonchev–Trinajstić information content (AvgIpc) is 3.50. The van der Waals surface area contributed by atoms with E-state index in [9.17, 15) is 4.79 Å². The Labute approximate surface area is 185 Å². The molecule has 160 valence electrons. The summed E-state index contributed by atoms with van der Waals surface area (Å²) in [5.74, 6) is 0.0139. The molecule has 0 saturated heterocycles. The van der Waals surface area contributed by atoms with Gasteiger partial charge in [-0.15, -0.1) is 11.3 Å². The van der Waals surface area contributed by atoms with Crippen LogP contribution >= 0.6 is 11.3 Å². The average molecular weight is 435 g/mol. The molecular formula is C23H26N6OS. The van der Waals surface area contributed by atoms with Gasteiger partial charge in [0.05, 0.1) is 34.7 Å². The van der Waals surface area contributed by atoms with Gasteiger partial charge in [0.25, 0.3) is 0 Å². The van der Waals surface area contributed by atoms with E-state index in [1.54, 1.807) is 17.5 Å². The van der Waals surface area contributed by atoms with Crippen molar-refractivity contribution >= 4 is 17.2 Å². The van der Waals surface area contributed by atoms with Crippen molar-refractivity contribution in [2.24, 2.45) is 0 Å². The number of pyridine rings is 1. The molecule has 1 N–H and O–H groups in total. The van der Waals surface area contributed by atoms with Crippen LogP contribution in [0.5, 0.6) is 0 Å². The minimum Gasteiger partial charge on any atom is -0.354 e. The Bertz CT molecular complexity index is 1160. The summed E-state index contributed by atoms with van der Waals surface area (Å²) >= 11 is 1.67. The van der Waals surface area contributed by atoms with E-state index in [-0.39, 0.29) is 5.91 Å². The molecule has 0 aliphatic rings. The Balaban J connectivity index is 1.40. The van der Waals surface area contributed by atoms with Crippen molar-refractivity contribution in [1.29, 1.82) is 0 Å². The van der Waals surface area contributed by atoms with E-state index >= 15 is 0 Å². The molecule has 0 radical (unpaired) electrons. The largest absolute Gasteiger partial charge is 0.354 e. The monoisotopic (exact) mass is 434 g/mol. The number of hydrogen-bond acceptors (Lipinski definition) is 5. The fraction of sp³-hybridized carbons (Fsp3) is 0.304. The zero-order valence-electron chi connectivity index (χ0n) is 18.0. The first-order valence-electron chi connectivity index (χ1n) is 10.3. The molecule has 1 amide bonds. The highest BCUT2D eigenvalue weighted by Crippen LogP contribution is 2.33. The number of nitrogens with one attached hydrogen (secondary N) is 1. The van der Waals surface area contributed by atoms with E-state index in [2.05, 4.69) is 38.9 Å². The molecule has 0 saturated carbocycles. The van der Waals surface area contributed by atoms with Crippen LogP contribution in [0.25, 0.3) is 21.8 Å². The molecule has 0 bridgehead atoms. The van der Waals surface area contributed by atoms with E-state index in [1.165, 1.54) is 5.56 Å². The van der Waals surface area contributed by atoms with Crippen LogP contribution in [-0.2, 0) is 17.9 Å². The zero-order chi connectivity index (χ0) is 21.8. The van der Waals surface area contributed by atoms with E-state index in [0.717, 1.165) is 33.2 Å². The highest BCUT2D eigenvalue weighted by molar-refractivity contribution is 7.13. The number of amides is 1. The van der Waals surface area contributed by atoms with E-state index < -0.39 is 0 Å². The molecular weight excluding hydrogens is 408 g/mol. The number of hydrogen-bond donors (Lipinski definition) is 1. The summed E-state index contributed by atoms with van der Waals surface area (Å²) in [6.45, 7) is 7.77. The Hall–Kier alpha value is -3.26. The summed E-state index contributed by atoms with van der Waals surface area (Å²) < 4.78 is 3.85. The minimum atomic E-state index is 0.0139. The number of aryl methyl sites for hydroxylation is 2. The Morgan fingerprint density at radius 1 is 1.10 bits per heavy atom. The summed E-state index contributed by atoms with van der Waals surface area (Å²) in [6, 6.07) is 9.98. The minimum absolute atomic E-state index is 0.0139. The van der Waals surface area contributed by atoms with Gasteiger partial charge in [0.2, 0.25) is 5.91 Å². The lowest BCUT2D eigenvalue weighted by Gasteiger charge is -2.10. The lowest BCUT2D eigenvalue weighted by Crippen LogP contribution is -2.28. The molecule has 4 heterocycles. The number of thiophene rings is 1. The molecule has 7 nitrogen and oxygen atoms in total. The maximum Gasteiger partial charge on any atom is 0.221 e. The Morgan fingerprint density at radius 2 is 1.97 bits per heavy atom. The predicted molar refractivity (Wildman–Crippen MR) is 123 cm³/mol. The third kappa shape index (κ3) is 4.59. The molecule has 0 aliphatic carbocycles. The second kappa shape index (κ2) is 9.26. The van der Waals surface area contributed by atoms with Crippen LogP contribution in [0, 0.1) is 20.8 Å². The number of carbonyl (C=O) groups is 1. The quantitative estimate of drug-likeness (QED) is 0.455. The smallest absolute Gasteiger partial charge is 0.221 e. The molecule has 0 atom stereocenters. The third-order valence-corrected chi connectivity index (χ3v) is 6.35. The van der Waals surface area contributed by atoms with Crippen LogP contribution < -0.4 is 5.32 Å². The summed E-state index contributed by atoms with van der Waals surface area (Å²) in [5, 5.41) is 14.1. The second-order valence-corrected chi connectivity index (χ2v) is 8.39. The van der Waals surface area contributed by atoms with Crippen LogP contribution in [0.2, 0.25) is 0 Å². The van der Waals surface area contributed by atoms with Gasteiger partial charge in [-0.3, -0.25) is 19.1 Å². The van der Waals surface area contributed by atoms with Crippen LogP contribution in [0.4, 0.5) is 0 Å². The number of aromatic nitrogens is 5. The number of rotatable bonds is 8. The van der Waals surface area contributed by atoms with Crippen molar-refractivity contribution in [1.82, 2.24) is 29.9 Å². The lowest BCUT2D eigenvalue weighted by molar-refractivity contribution is -0.121. The van der Waals surface area contributed by atoms with E-state index in [1.807, 2.05) is 53.7 Å². The molecule has 4 aromatic heterocycles. The van der Waals surface area contributed by atoms with Crippen molar-refractivity contribution in [2.45, 2.75) is 40.3 Å². The predicted octanol–water partition coefficient (Wildman–Crippen LogP) is 4.00. The first kappa shape index (κ1) is 21.0. The van der Waals surface area contributed by atoms with Gasteiger partial charge in [0.15, 0.2) is 0 Å². The van der Waals surface area contributed by atoms with Gasteiger partial charge >= 0.3 is 0 Å². The maximum atomic E-state index is 12.4. The van der Waals surface area contributed by atoms with Crippen molar-refractivity contribution < 1.29 is 4.79 Å². The van der Waals surface area contributed by atoms with Gasteiger partial charge in [-0.05, 0) is 49.9 Å². The molecule has 0 spiro atoms. The van der Waals surface area contributed by atoms with Crippen molar-refractivity contribution in [3.63, 3.8) is 0 Å². The highest BCUT2D eigenvalue weighted by atomic mass is 32.1. The fourth-order valence-corrected chi connectivity index (χ4v) is 4.33. The molecule has 0 fully saturated rings. The molecule has 0 unspecified atom stereocenters. The molecule has 0 aromatic carbocycles. The first-order valence-corrected chi connectivity index (χ1v) is 11.2. The Morgan fingerprint density at radius 3 is 2.65 bits per heavy atom. The van der Waals surface area contributed by atoms with Gasteiger partial charge in [-0.1, -0.05) is 12.1 Å². The highest BCUT2D eigenvalue weighted by Gasteiger charge is 2.16. The van der Waals surface area contributed by atoms with Crippen molar-refractivity contribution in [3.05, 3.63) is 65.1 Å². The second-order valence-electron chi connectivity index (χ2n) is 7.44. The van der Waals surface area contributed by atoms with E-state index in [4.69, 9.17) is 0 Å². The summed E-state index contributed by atoms with van der Waals surface area (Å²) in [4.78, 5) is 18.0. The van der Waals surface area contributed by atoms with Crippen LogP contribution in [0.3, 0.4) is 0 Å². The van der Waals surface area contributed by atoms with Crippen LogP contribution in [-0.4, -0.2) is 37.0 Å². The Kier molecular flexibility index (Phi) is 6.27. The molecule has 4 aromatic rings. The van der Waals surface area contributed by atoms with Gasteiger partial charge in [0, 0.05) is 37.0 Å². The standard InChI is InChI=1S/C23H26N6OS/c1-16-17(2)27-28(18(16)3)12-9-22(30)25-11-13-29-23(21-8-6-14-31-21)19(15-26-29)20-7-4-5-10-24-20/h4-8,10,14-15H,9,11-13H2,1-3H3,(H,25,30). The lowest BCUT2D eigenvalue weighted by atomic mass is 10.1. The topological polar surface area (TPSA) is 77.6 Å². The van der Waals surface area contributed by atoms with Crippen LogP contribution in [0.15, 0.2) is 48.1 Å². The summed E-state index contributed by atoms with van der Waals surface area (Å²) in [5.41, 5.74) is 6.23. The van der Waals surface area contributed by atoms with Gasteiger partial charge < -0.3 is 5.32 Å². The van der Waals surface area contributed by atoms with Crippen molar-refractivity contribution in [3.8, 4) is 21.8 Å². The van der Waals surface area contributed by atoms with Gasteiger partial charge in [0.1, 0.15) is 0 Å². The third-order valence-electron chi connectivity index (χ3n) is 5.47. The van der Waals surface area contributed by atoms with Gasteiger partial charge in [-0.2, -0.15) is 10.2 Å². The number of carbonyl (C=O) groups excluding carboxylic acids is 1. The molecule has 31 heavy (non-hydrogen) atoms. The van der Waals surface area contributed by atoms with E-state index in [0.29, 0.717) is 26.1 Å². The van der Waals surface area contributed by atoms with Crippen LogP contribution in [0.1, 0.15) is 23.4 Å².